The third kappa shape index (κ3) is 3.66. The van der Waals surface area contributed by atoms with Crippen LogP contribution in [0.3, 0.4) is 0 Å². The lowest BCUT2D eigenvalue weighted by Gasteiger charge is -2.21. The monoisotopic (exact) mass is 330 g/mol. The summed E-state index contributed by atoms with van der Waals surface area (Å²) in [6.45, 7) is 0.634. The minimum absolute atomic E-state index is 0.0171. The number of halogens is 2. The second-order valence-electron chi connectivity index (χ2n) is 5.38. The molecule has 1 saturated carbocycles. The van der Waals surface area contributed by atoms with Gasteiger partial charge in [-0.25, -0.2) is 0 Å². The summed E-state index contributed by atoms with van der Waals surface area (Å²) in [7, 11) is 1.68. The summed E-state index contributed by atoms with van der Waals surface area (Å²) in [4.78, 5) is 24.3. The van der Waals surface area contributed by atoms with Gasteiger partial charge in [0.1, 0.15) is 0 Å². The fourth-order valence-corrected chi connectivity index (χ4v) is 3.11. The van der Waals surface area contributed by atoms with Crippen molar-refractivity contribution >= 4 is 34.8 Å². The predicted molar refractivity (Wildman–Crippen MR) is 82.0 cm³/mol. The molecule has 0 spiro atoms. The molecule has 0 aliphatic heterocycles. The maximum absolute atomic E-state index is 12.4. The van der Waals surface area contributed by atoms with E-state index in [2.05, 4.69) is 0 Å². The third-order valence-corrected chi connectivity index (χ3v) is 4.61. The van der Waals surface area contributed by atoms with Crippen molar-refractivity contribution < 1.29 is 9.72 Å². The summed E-state index contributed by atoms with van der Waals surface area (Å²) in [6.07, 6.45) is 4.61. The van der Waals surface area contributed by atoms with Crippen molar-refractivity contribution in [1.29, 1.82) is 0 Å². The first-order valence-electron chi connectivity index (χ1n) is 6.79. The van der Waals surface area contributed by atoms with Crippen molar-refractivity contribution in [3.8, 4) is 0 Å². The molecule has 1 aliphatic carbocycles. The maximum Gasteiger partial charge on any atom is 0.271 e. The van der Waals surface area contributed by atoms with Gasteiger partial charge in [0.25, 0.3) is 11.6 Å². The quantitative estimate of drug-likeness (QED) is 0.614. The topological polar surface area (TPSA) is 63.5 Å². The first-order chi connectivity index (χ1) is 9.90. The zero-order chi connectivity index (χ0) is 15.6. The van der Waals surface area contributed by atoms with Crippen LogP contribution in [0, 0.1) is 16.0 Å². The van der Waals surface area contributed by atoms with E-state index in [0.717, 1.165) is 18.9 Å². The number of amides is 1. The molecule has 7 heteroatoms. The molecule has 2 rings (SSSR count). The van der Waals surface area contributed by atoms with Crippen LogP contribution >= 0.6 is 23.2 Å². The maximum atomic E-state index is 12.4. The van der Waals surface area contributed by atoms with Crippen LogP contribution in [0.15, 0.2) is 12.1 Å². The number of nitro benzene ring substituents is 1. The van der Waals surface area contributed by atoms with Crippen molar-refractivity contribution in [2.45, 2.75) is 25.7 Å². The molecule has 0 unspecified atom stereocenters. The van der Waals surface area contributed by atoms with Crippen molar-refractivity contribution in [3.63, 3.8) is 0 Å². The molecular formula is C14H16Cl2N2O3. The van der Waals surface area contributed by atoms with E-state index in [1.807, 2.05) is 0 Å². The second kappa shape index (κ2) is 6.62. The Morgan fingerprint density at radius 3 is 2.57 bits per heavy atom. The lowest BCUT2D eigenvalue weighted by Crippen LogP contribution is -2.31. The predicted octanol–water partition coefficient (Wildman–Crippen LogP) is 4.16. The Labute approximate surface area is 133 Å². The average Bonchev–Trinajstić information content (AvgIpc) is 2.93. The van der Waals surface area contributed by atoms with Gasteiger partial charge in [0.2, 0.25) is 0 Å². The number of carbonyl (C=O) groups excluding carboxylic acids is 1. The van der Waals surface area contributed by atoms with Gasteiger partial charge in [-0.3, -0.25) is 14.9 Å². The van der Waals surface area contributed by atoms with E-state index in [-0.39, 0.29) is 27.2 Å². The van der Waals surface area contributed by atoms with Crippen molar-refractivity contribution in [2.24, 2.45) is 5.92 Å². The van der Waals surface area contributed by atoms with Crippen molar-refractivity contribution in [1.82, 2.24) is 4.90 Å². The summed E-state index contributed by atoms with van der Waals surface area (Å²) in [5.74, 6) is 0.157. The van der Waals surface area contributed by atoms with Gasteiger partial charge in [0, 0.05) is 25.7 Å². The molecule has 0 bridgehead atoms. The molecule has 114 valence electrons. The summed E-state index contributed by atoms with van der Waals surface area (Å²) < 4.78 is 0. The smallest absolute Gasteiger partial charge is 0.271 e. The van der Waals surface area contributed by atoms with Gasteiger partial charge in [0.05, 0.1) is 20.5 Å². The molecule has 1 aromatic carbocycles. The van der Waals surface area contributed by atoms with Gasteiger partial charge in [0.15, 0.2) is 0 Å². The van der Waals surface area contributed by atoms with Crippen LogP contribution in [0.1, 0.15) is 36.0 Å². The minimum atomic E-state index is -0.587. The largest absolute Gasteiger partial charge is 0.341 e. The molecule has 0 atom stereocenters. The standard InChI is InChI=1S/C14H16Cl2N2O3/c1-17(8-9-4-2-3-5-9)14(19)11-6-10(18(20)21)7-12(15)13(11)16/h6-7,9H,2-5,8H2,1H3. The number of hydrogen-bond donors (Lipinski definition) is 0. The Kier molecular flexibility index (Phi) is 5.06. The van der Waals surface area contributed by atoms with Gasteiger partial charge in [-0.15, -0.1) is 0 Å². The Balaban J connectivity index is 2.22. The highest BCUT2D eigenvalue weighted by atomic mass is 35.5. The molecule has 5 nitrogen and oxygen atoms in total. The molecule has 1 amide bonds. The second-order valence-corrected chi connectivity index (χ2v) is 6.17. The molecular weight excluding hydrogens is 315 g/mol. The Morgan fingerprint density at radius 1 is 1.38 bits per heavy atom. The number of rotatable bonds is 4. The normalized spacial score (nSPS) is 15.2. The van der Waals surface area contributed by atoms with E-state index in [9.17, 15) is 14.9 Å². The lowest BCUT2D eigenvalue weighted by atomic mass is 10.1. The van der Waals surface area contributed by atoms with Gasteiger partial charge in [-0.2, -0.15) is 0 Å². The van der Waals surface area contributed by atoms with Gasteiger partial charge in [-0.1, -0.05) is 36.0 Å². The Hall–Kier alpha value is -1.33. The molecule has 0 aromatic heterocycles. The highest BCUT2D eigenvalue weighted by molar-refractivity contribution is 6.44. The summed E-state index contributed by atoms with van der Waals surface area (Å²) in [5, 5.41) is 10.9. The molecule has 0 radical (unpaired) electrons. The van der Waals surface area contributed by atoms with E-state index < -0.39 is 4.92 Å². The fraction of sp³-hybridized carbons (Fsp3) is 0.500. The molecule has 0 saturated heterocycles. The summed E-state index contributed by atoms with van der Waals surface area (Å²) in [5.41, 5.74) is -0.154. The van der Waals surface area contributed by atoms with E-state index in [1.165, 1.54) is 18.9 Å². The number of carbonyl (C=O) groups is 1. The van der Waals surface area contributed by atoms with Crippen LogP contribution < -0.4 is 0 Å². The van der Waals surface area contributed by atoms with Crippen molar-refractivity contribution in [2.75, 3.05) is 13.6 Å². The first-order valence-corrected chi connectivity index (χ1v) is 7.54. The number of nitro groups is 1. The van der Waals surface area contributed by atoms with Crippen LogP contribution in [0.25, 0.3) is 0 Å². The van der Waals surface area contributed by atoms with E-state index in [4.69, 9.17) is 23.2 Å². The molecule has 1 aliphatic rings. The van der Waals surface area contributed by atoms with Gasteiger partial charge in [-0.05, 0) is 18.8 Å². The van der Waals surface area contributed by atoms with Crippen LogP contribution in [-0.4, -0.2) is 29.3 Å². The fourth-order valence-electron chi connectivity index (χ4n) is 2.70. The molecule has 1 aromatic rings. The van der Waals surface area contributed by atoms with Crippen LogP contribution in [0.2, 0.25) is 10.0 Å². The van der Waals surface area contributed by atoms with Gasteiger partial charge < -0.3 is 4.90 Å². The third-order valence-electron chi connectivity index (χ3n) is 3.81. The number of hydrogen-bond acceptors (Lipinski definition) is 3. The SMILES string of the molecule is CN(CC1CCCC1)C(=O)c1cc([N+](=O)[O-])cc(Cl)c1Cl. The number of non-ortho nitro benzene ring substituents is 1. The molecule has 1 fully saturated rings. The number of benzene rings is 1. The lowest BCUT2D eigenvalue weighted by molar-refractivity contribution is -0.384. The summed E-state index contributed by atoms with van der Waals surface area (Å²) >= 11 is 11.9. The molecule has 0 N–H and O–H groups in total. The van der Waals surface area contributed by atoms with E-state index in [1.54, 1.807) is 11.9 Å². The van der Waals surface area contributed by atoms with Crippen LogP contribution in [0.4, 0.5) is 5.69 Å². The zero-order valence-corrected chi connectivity index (χ0v) is 13.2. The zero-order valence-electron chi connectivity index (χ0n) is 11.6. The van der Waals surface area contributed by atoms with Crippen LogP contribution in [0.5, 0.6) is 0 Å². The van der Waals surface area contributed by atoms with Crippen molar-refractivity contribution in [3.05, 3.63) is 37.9 Å². The van der Waals surface area contributed by atoms with Crippen LogP contribution in [-0.2, 0) is 0 Å². The summed E-state index contributed by atoms with van der Waals surface area (Å²) in [6, 6.07) is 2.33. The van der Waals surface area contributed by atoms with E-state index >= 15 is 0 Å². The Bertz CT molecular complexity index is 572. The van der Waals surface area contributed by atoms with Gasteiger partial charge >= 0.3 is 0 Å². The minimum Gasteiger partial charge on any atom is -0.341 e. The molecule has 0 heterocycles. The Morgan fingerprint density at radius 2 is 2.00 bits per heavy atom. The number of nitrogens with zero attached hydrogens (tertiary/aromatic N) is 2. The van der Waals surface area contributed by atoms with E-state index in [0.29, 0.717) is 12.5 Å². The molecule has 21 heavy (non-hydrogen) atoms. The highest BCUT2D eigenvalue weighted by Gasteiger charge is 2.24. The first kappa shape index (κ1) is 16.0. The average molecular weight is 331 g/mol. The highest BCUT2D eigenvalue weighted by Crippen LogP contribution is 2.32.